The highest BCUT2D eigenvalue weighted by atomic mass is 19.4. The maximum atomic E-state index is 12.4. The fourth-order valence-electron chi connectivity index (χ4n) is 1.76. The highest BCUT2D eigenvalue weighted by molar-refractivity contribution is 6.06. The Hall–Kier alpha value is -2.43. The SMILES string of the molecule is Cc1cc(/C=C\C(=O)c2ccc(C(F)(F)F)cc2)ccn1. The van der Waals surface area contributed by atoms with Crippen LogP contribution in [0.3, 0.4) is 0 Å². The van der Waals surface area contributed by atoms with Crippen LogP contribution in [0.2, 0.25) is 0 Å². The van der Waals surface area contributed by atoms with Gasteiger partial charge < -0.3 is 0 Å². The summed E-state index contributed by atoms with van der Waals surface area (Å²) in [5.41, 5.74) is 1.07. The largest absolute Gasteiger partial charge is 0.416 e. The minimum absolute atomic E-state index is 0.213. The van der Waals surface area contributed by atoms with Crippen LogP contribution in [0, 0.1) is 6.92 Å². The number of carbonyl (C=O) groups is 1. The van der Waals surface area contributed by atoms with Crippen molar-refractivity contribution < 1.29 is 18.0 Å². The van der Waals surface area contributed by atoms with E-state index in [-0.39, 0.29) is 11.3 Å². The fraction of sp³-hybridized carbons (Fsp3) is 0.125. The Kier molecular flexibility index (Phi) is 4.21. The second kappa shape index (κ2) is 5.91. The van der Waals surface area contributed by atoms with E-state index in [1.165, 1.54) is 18.2 Å². The van der Waals surface area contributed by atoms with Gasteiger partial charge in [0.25, 0.3) is 0 Å². The number of pyridine rings is 1. The Morgan fingerprint density at radius 3 is 2.38 bits per heavy atom. The third-order valence-corrected chi connectivity index (χ3v) is 2.84. The molecule has 0 saturated carbocycles. The maximum absolute atomic E-state index is 12.4. The number of halogens is 3. The van der Waals surface area contributed by atoms with E-state index in [4.69, 9.17) is 0 Å². The molecule has 21 heavy (non-hydrogen) atoms. The first kappa shape index (κ1) is 15.0. The first-order chi connectivity index (χ1) is 9.86. The zero-order valence-corrected chi connectivity index (χ0v) is 11.2. The molecule has 0 saturated heterocycles. The molecule has 0 N–H and O–H groups in total. The Morgan fingerprint density at radius 2 is 1.81 bits per heavy atom. The Morgan fingerprint density at radius 1 is 1.14 bits per heavy atom. The van der Waals surface area contributed by atoms with E-state index in [1.54, 1.807) is 24.4 Å². The van der Waals surface area contributed by atoms with E-state index in [2.05, 4.69) is 4.98 Å². The summed E-state index contributed by atoms with van der Waals surface area (Å²) in [6, 6.07) is 7.69. The molecular formula is C16H12F3NO. The van der Waals surface area contributed by atoms with Crippen LogP contribution in [-0.4, -0.2) is 10.8 Å². The maximum Gasteiger partial charge on any atom is 0.416 e. The zero-order valence-electron chi connectivity index (χ0n) is 11.2. The van der Waals surface area contributed by atoms with Crippen molar-refractivity contribution in [3.05, 3.63) is 71.1 Å². The van der Waals surface area contributed by atoms with Gasteiger partial charge in [0.15, 0.2) is 5.78 Å². The van der Waals surface area contributed by atoms with Gasteiger partial charge in [-0.05, 0) is 42.8 Å². The molecular weight excluding hydrogens is 279 g/mol. The molecule has 2 nitrogen and oxygen atoms in total. The molecule has 0 fully saturated rings. The van der Waals surface area contributed by atoms with Gasteiger partial charge in [0.05, 0.1) is 5.56 Å². The van der Waals surface area contributed by atoms with Crippen molar-refractivity contribution in [2.24, 2.45) is 0 Å². The second-order valence-electron chi connectivity index (χ2n) is 4.50. The van der Waals surface area contributed by atoms with E-state index < -0.39 is 11.7 Å². The average Bonchev–Trinajstić information content (AvgIpc) is 2.44. The van der Waals surface area contributed by atoms with E-state index >= 15 is 0 Å². The summed E-state index contributed by atoms with van der Waals surface area (Å²) in [4.78, 5) is 15.9. The number of benzene rings is 1. The normalized spacial score (nSPS) is 11.8. The highest BCUT2D eigenvalue weighted by Crippen LogP contribution is 2.29. The predicted octanol–water partition coefficient (Wildman–Crippen LogP) is 4.30. The Labute approximate surface area is 120 Å². The minimum Gasteiger partial charge on any atom is -0.289 e. The van der Waals surface area contributed by atoms with Gasteiger partial charge in [-0.25, -0.2) is 0 Å². The highest BCUT2D eigenvalue weighted by Gasteiger charge is 2.30. The Bertz CT molecular complexity index is 673. The lowest BCUT2D eigenvalue weighted by Crippen LogP contribution is -2.05. The molecule has 2 aromatic rings. The molecule has 0 spiro atoms. The topological polar surface area (TPSA) is 30.0 Å². The predicted molar refractivity (Wildman–Crippen MR) is 73.8 cm³/mol. The average molecular weight is 291 g/mol. The number of aromatic nitrogens is 1. The summed E-state index contributed by atoms with van der Waals surface area (Å²) in [7, 11) is 0. The smallest absolute Gasteiger partial charge is 0.289 e. The van der Waals surface area contributed by atoms with Gasteiger partial charge >= 0.3 is 6.18 Å². The van der Waals surface area contributed by atoms with Crippen molar-refractivity contribution in [3.8, 4) is 0 Å². The number of allylic oxidation sites excluding steroid dienone is 1. The zero-order chi connectivity index (χ0) is 15.5. The summed E-state index contributed by atoms with van der Waals surface area (Å²) in [5, 5.41) is 0. The van der Waals surface area contributed by atoms with Gasteiger partial charge in [0.2, 0.25) is 0 Å². The lowest BCUT2D eigenvalue weighted by Gasteiger charge is -2.06. The van der Waals surface area contributed by atoms with Crippen LogP contribution < -0.4 is 0 Å². The van der Waals surface area contributed by atoms with Crippen LogP contribution in [0.1, 0.15) is 27.2 Å². The minimum atomic E-state index is -4.40. The summed E-state index contributed by atoms with van der Waals surface area (Å²) in [5.74, 6) is -0.349. The summed E-state index contributed by atoms with van der Waals surface area (Å²) in [6.07, 6.45) is 0.162. The molecule has 1 aromatic heterocycles. The number of hydrogen-bond donors (Lipinski definition) is 0. The molecule has 0 amide bonds. The van der Waals surface area contributed by atoms with Gasteiger partial charge in [0.1, 0.15) is 0 Å². The quantitative estimate of drug-likeness (QED) is 0.623. The molecule has 0 unspecified atom stereocenters. The van der Waals surface area contributed by atoms with Crippen molar-refractivity contribution in [2.75, 3.05) is 0 Å². The number of hydrogen-bond acceptors (Lipinski definition) is 2. The van der Waals surface area contributed by atoms with Crippen LogP contribution in [0.25, 0.3) is 6.08 Å². The van der Waals surface area contributed by atoms with Crippen LogP contribution in [0.15, 0.2) is 48.7 Å². The number of aryl methyl sites for hydroxylation is 1. The number of rotatable bonds is 3. The van der Waals surface area contributed by atoms with E-state index in [0.29, 0.717) is 0 Å². The number of alkyl halides is 3. The summed E-state index contributed by atoms with van der Waals surface area (Å²) >= 11 is 0. The molecule has 0 aliphatic carbocycles. The molecule has 0 atom stereocenters. The van der Waals surface area contributed by atoms with E-state index in [0.717, 1.165) is 23.4 Å². The van der Waals surface area contributed by atoms with Crippen molar-refractivity contribution in [1.29, 1.82) is 0 Å². The van der Waals surface area contributed by atoms with Gasteiger partial charge in [-0.1, -0.05) is 18.2 Å². The standard InChI is InChI=1S/C16H12F3NO/c1-11-10-12(8-9-20-11)2-7-15(21)13-3-5-14(6-4-13)16(17,18)19/h2-10H,1H3/b7-2-. The molecule has 1 aromatic carbocycles. The van der Waals surface area contributed by atoms with Crippen LogP contribution in [0.4, 0.5) is 13.2 Å². The van der Waals surface area contributed by atoms with Crippen molar-refractivity contribution in [1.82, 2.24) is 4.98 Å². The molecule has 0 radical (unpaired) electrons. The molecule has 0 aliphatic rings. The molecule has 1 heterocycles. The molecule has 0 aliphatic heterocycles. The third kappa shape index (κ3) is 4.02. The van der Waals surface area contributed by atoms with Crippen molar-refractivity contribution in [2.45, 2.75) is 13.1 Å². The van der Waals surface area contributed by atoms with Gasteiger partial charge in [0, 0.05) is 17.5 Å². The van der Waals surface area contributed by atoms with Crippen molar-refractivity contribution in [3.63, 3.8) is 0 Å². The van der Waals surface area contributed by atoms with Gasteiger partial charge in [-0.3, -0.25) is 9.78 Å². The molecule has 5 heteroatoms. The molecule has 2 rings (SSSR count). The van der Waals surface area contributed by atoms with E-state index in [9.17, 15) is 18.0 Å². The number of ketones is 1. The summed E-state index contributed by atoms with van der Waals surface area (Å²) in [6.45, 7) is 1.83. The molecule has 108 valence electrons. The molecule has 0 bridgehead atoms. The number of carbonyl (C=O) groups excluding carboxylic acids is 1. The first-order valence-corrected chi connectivity index (χ1v) is 6.18. The number of nitrogens with zero attached hydrogens (tertiary/aromatic N) is 1. The third-order valence-electron chi connectivity index (χ3n) is 2.84. The fourth-order valence-corrected chi connectivity index (χ4v) is 1.76. The van der Waals surface area contributed by atoms with E-state index in [1.807, 2.05) is 6.92 Å². The van der Waals surface area contributed by atoms with Crippen LogP contribution in [0.5, 0.6) is 0 Å². The van der Waals surface area contributed by atoms with Gasteiger partial charge in [-0.2, -0.15) is 13.2 Å². The van der Waals surface area contributed by atoms with Crippen molar-refractivity contribution >= 4 is 11.9 Å². The van der Waals surface area contributed by atoms with Crippen LogP contribution in [-0.2, 0) is 6.18 Å². The Balaban J connectivity index is 2.14. The van der Waals surface area contributed by atoms with Gasteiger partial charge in [-0.15, -0.1) is 0 Å². The first-order valence-electron chi connectivity index (χ1n) is 6.18. The monoisotopic (exact) mass is 291 g/mol. The lowest BCUT2D eigenvalue weighted by atomic mass is 10.1. The summed E-state index contributed by atoms with van der Waals surface area (Å²) < 4.78 is 37.3. The second-order valence-corrected chi connectivity index (χ2v) is 4.50. The van der Waals surface area contributed by atoms with Crippen LogP contribution >= 0.6 is 0 Å². The lowest BCUT2D eigenvalue weighted by molar-refractivity contribution is -0.137.